The topological polar surface area (TPSA) is 86.8 Å². The molecular formula is C21H23Cl3FN3O4S. The van der Waals surface area contributed by atoms with E-state index in [9.17, 15) is 22.4 Å². The van der Waals surface area contributed by atoms with Crippen LogP contribution in [0.1, 0.15) is 19.4 Å². The number of nitrogens with one attached hydrogen (secondary N) is 1. The molecule has 0 heterocycles. The fourth-order valence-electron chi connectivity index (χ4n) is 2.99. The van der Waals surface area contributed by atoms with Crippen LogP contribution >= 0.6 is 34.8 Å². The molecule has 0 radical (unpaired) electrons. The largest absolute Gasteiger partial charge is 0.355 e. The molecule has 0 spiro atoms. The minimum absolute atomic E-state index is 0.0115. The number of likely N-dealkylation sites (N-methyl/N-ethyl adjacent to an activating group) is 1. The molecule has 0 bridgehead atoms. The maximum absolute atomic E-state index is 13.6. The second-order valence-corrected chi connectivity index (χ2v) is 10.3. The number of hydrogen-bond acceptors (Lipinski definition) is 4. The van der Waals surface area contributed by atoms with Crippen LogP contribution in [0.15, 0.2) is 36.4 Å². The van der Waals surface area contributed by atoms with Crippen LogP contribution in [0, 0.1) is 5.82 Å². The van der Waals surface area contributed by atoms with Crippen molar-refractivity contribution >= 4 is 62.3 Å². The highest BCUT2D eigenvalue weighted by Crippen LogP contribution is 2.26. The number of sulfonamides is 1. The van der Waals surface area contributed by atoms with Crippen molar-refractivity contribution in [2.75, 3.05) is 23.7 Å². The van der Waals surface area contributed by atoms with Crippen molar-refractivity contribution < 1.29 is 22.4 Å². The summed E-state index contributed by atoms with van der Waals surface area (Å²) < 4.78 is 39.3. The van der Waals surface area contributed by atoms with Crippen LogP contribution in [-0.2, 0) is 26.2 Å². The summed E-state index contributed by atoms with van der Waals surface area (Å²) in [5, 5.41) is 2.95. The molecule has 1 N–H and O–H groups in total. The Morgan fingerprint density at radius 2 is 1.73 bits per heavy atom. The Balaban J connectivity index is 2.42. The first-order chi connectivity index (χ1) is 15.3. The number of rotatable bonds is 9. The highest BCUT2D eigenvalue weighted by Gasteiger charge is 2.30. The van der Waals surface area contributed by atoms with Crippen molar-refractivity contribution in [2.24, 2.45) is 0 Å². The Morgan fingerprint density at radius 3 is 2.27 bits per heavy atom. The average molecular weight is 539 g/mol. The Hall–Kier alpha value is -2.07. The lowest BCUT2D eigenvalue weighted by molar-refractivity contribution is -0.139. The van der Waals surface area contributed by atoms with E-state index >= 15 is 0 Å². The van der Waals surface area contributed by atoms with Gasteiger partial charge in [-0.05, 0) is 49.7 Å². The van der Waals surface area contributed by atoms with Crippen molar-refractivity contribution in [3.63, 3.8) is 0 Å². The van der Waals surface area contributed by atoms with Crippen molar-refractivity contribution in [3.8, 4) is 0 Å². The molecule has 2 aromatic rings. The predicted molar refractivity (Wildman–Crippen MR) is 129 cm³/mol. The maximum Gasteiger partial charge on any atom is 0.244 e. The first-order valence-electron chi connectivity index (χ1n) is 9.79. The van der Waals surface area contributed by atoms with Gasteiger partial charge in [0, 0.05) is 13.1 Å². The summed E-state index contributed by atoms with van der Waals surface area (Å²) in [6.45, 7) is 2.95. The van der Waals surface area contributed by atoms with Gasteiger partial charge in [-0.2, -0.15) is 0 Å². The zero-order valence-corrected chi connectivity index (χ0v) is 21.2. The van der Waals surface area contributed by atoms with Crippen LogP contribution < -0.4 is 9.62 Å². The summed E-state index contributed by atoms with van der Waals surface area (Å²) in [6.07, 6.45) is 0.911. The number of carbonyl (C=O) groups is 2. The molecule has 0 unspecified atom stereocenters. The van der Waals surface area contributed by atoms with Crippen molar-refractivity contribution in [3.05, 3.63) is 62.8 Å². The highest BCUT2D eigenvalue weighted by molar-refractivity contribution is 7.92. The number of anilines is 1. The van der Waals surface area contributed by atoms with Gasteiger partial charge in [-0.1, -0.05) is 40.9 Å². The van der Waals surface area contributed by atoms with E-state index in [1.54, 1.807) is 25.1 Å². The first kappa shape index (κ1) is 27.2. The van der Waals surface area contributed by atoms with Gasteiger partial charge in [0.2, 0.25) is 21.8 Å². The Morgan fingerprint density at radius 1 is 1.06 bits per heavy atom. The normalized spacial score (nSPS) is 12.2. The van der Waals surface area contributed by atoms with E-state index in [2.05, 4.69) is 5.32 Å². The smallest absolute Gasteiger partial charge is 0.244 e. The molecule has 0 aliphatic carbocycles. The fraction of sp³-hybridized carbons (Fsp3) is 0.333. The van der Waals surface area contributed by atoms with E-state index in [1.165, 1.54) is 17.9 Å². The monoisotopic (exact) mass is 537 g/mol. The average Bonchev–Trinajstić information content (AvgIpc) is 2.73. The summed E-state index contributed by atoms with van der Waals surface area (Å²) in [6, 6.07) is 7.15. The molecule has 2 rings (SSSR count). The first-order valence-corrected chi connectivity index (χ1v) is 12.8. The van der Waals surface area contributed by atoms with Crippen molar-refractivity contribution in [2.45, 2.75) is 26.4 Å². The van der Waals surface area contributed by atoms with Gasteiger partial charge in [-0.15, -0.1) is 0 Å². The molecule has 0 aliphatic rings. The predicted octanol–water partition coefficient (Wildman–Crippen LogP) is 4.11. The zero-order chi connectivity index (χ0) is 24.9. The molecule has 7 nitrogen and oxygen atoms in total. The van der Waals surface area contributed by atoms with Gasteiger partial charge >= 0.3 is 0 Å². The van der Waals surface area contributed by atoms with Crippen LogP contribution in [0.25, 0.3) is 0 Å². The Labute approximate surface area is 207 Å². The number of nitrogens with zero attached hydrogens (tertiary/aromatic N) is 2. The molecule has 0 aliphatic heterocycles. The lowest BCUT2D eigenvalue weighted by Crippen LogP contribution is -2.51. The SMILES string of the molecule is CCNC(=O)[C@H](C)N(Cc1ccc(Cl)c(Cl)c1)C(=O)CN(c1ccc(F)c(Cl)c1)S(C)(=O)=O. The lowest BCUT2D eigenvalue weighted by atomic mass is 10.1. The van der Waals surface area contributed by atoms with Gasteiger partial charge in [0.1, 0.15) is 18.4 Å². The summed E-state index contributed by atoms with van der Waals surface area (Å²) >= 11 is 17.8. The maximum atomic E-state index is 13.6. The molecule has 2 amide bonds. The number of amides is 2. The van der Waals surface area contributed by atoms with E-state index in [0.29, 0.717) is 17.1 Å². The van der Waals surface area contributed by atoms with Gasteiger partial charge in [-0.3, -0.25) is 13.9 Å². The van der Waals surface area contributed by atoms with E-state index in [0.717, 1.165) is 22.7 Å². The summed E-state index contributed by atoms with van der Waals surface area (Å²) in [4.78, 5) is 27.0. The molecule has 0 saturated heterocycles. The van der Waals surface area contributed by atoms with E-state index in [1.807, 2.05) is 0 Å². The molecule has 0 saturated carbocycles. The molecule has 2 aromatic carbocycles. The molecule has 0 fully saturated rings. The number of carbonyl (C=O) groups excluding carboxylic acids is 2. The molecule has 180 valence electrons. The summed E-state index contributed by atoms with van der Waals surface area (Å²) in [5.41, 5.74) is 0.599. The second-order valence-electron chi connectivity index (χ2n) is 7.21. The molecule has 0 aromatic heterocycles. The molecular weight excluding hydrogens is 516 g/mol. The third-order valence-electron chi connectivity index (χ3n) is 4.73. The standard InChI is InChI=1S/C21H23Cl3FN3O4S/c1-4-26-21(30)13(2)27(11-14-5-7-16(22)17(23)9-14)20(29)12-28(33(3,31)32)15-6-8-19(25)18(24)10-15/h5-10,13H,4,11-12H2,1-3H3,(H,26,30)/t13-/m0/s1. The molecule has 12 heteroatoms. The Bertz CT molecular complexity index is 1150. The number of hydrogen-bond donors (Lipinski definition) is 1. The van der Waals surface area contributed by atoms with E-state index in [-0.39, 0.29) is 22.3 Å². The van der Waals surface area contributed by atoms with Gasteiger partial charge in [-0.25, -0.2) is 12.8 Å². The van der Waals surface area contributed by atoms with Crippen LogP contribution in [0.3, 0.4) is 0 Å². The van der Waals surface area contributed by atoms with E-state index < -0.39 is 40.2 Å². The minimum atomic E-state index is -3.95. The van der Waals surface area contributed by atoms with Gasteiger partial charge < -0.3 is 10.2 Å². The van der Waals surface area contributed by atoms with E-state index in [4.69, 9.17) is 34.8 Å². The van der Waals surface area contributed by atoms with Crippen molar-refractivity contribution in [1.29, 1.82) is 0 Å². The Kier molecular flexibility index (Phi) is 9.37. The van der Waals surface area contributed by atoms with Gasteiger partial charge in [0.15, 0.2) is 0 Å². The van der Waals surface area contributed by atoms with Crippen LogP contribution in [0.2, 0.25) is 15.1 Å². The zero-order valence-electron chi connectivity index (χ0n) is 18.1. The molecule has 33 heavy (non-hydrogen) atoms. The van der Waals surface area contributed by atoms with Crippen LogP contribution in [0.4, 0.5) is 10.1 Å². The third kappa shape index (κ3) is 7.20. The fourth-order valence-corrected chi connectivity index (χ4v) is 4.33. The second kappa shape index (κ2) is 11.4. The van der Waals surface area contributed by atoms with Gasteiger partial charge in [0.25, 0.3) is 0 Å². The molecule has 1 atom stereocenters. The van der Waals surface area contributed by atoms with Crippen LogP contribution in [-0.4, -0.2) is 50.5 Å². The quantitative estimate of drug-likeness (QED) is 0.521. The highest BCUT2D eigenvalue weighted by atomic mass is 35.5. The summed E-state index contributed by atoms with van der Waals surface area (Å²) in [7, 11) is -3.95. The van der Waals surface area contributed by atoms with Gasteiger partial charge in [0.05, 0.1) is 27.0 Å². The van der Waals surface area contributed by atoms with Crippen LogP contribution in [0.5, 0.6) is 0 Å². The summed E-state index contributed by atoms with van der Waals surface area (Å²) in [5.74, 6) is -1.81. The third-order valence-corrected chi connectivity index (χ3v) is 6.89. The number of benzene rings is 2. The van der Waals surface area contributed by atoms with Crippen molar-refractivity contribution in [1.82, 2.24) is 10.2 Å². The minimum Gasteiger partial charge on any atom is -0.355 e. The lowest BCUT2D eigenvalue weighted by Gasteiger charge is -2.31. The number of halogens is 4.